The van der Waals surface area contributed by atoms with Crippen LogP contribution in [0.25, 0.3) is 0 Å². The number of hydrogen-bond acceptors (Lipinski definition) is 4. The molecule has 116 valence electrons. The van der Waals surface area contributed by atoms with Crippen molar-refractivity contribution in [2.24, 2.45) is 4.99 Å². The van der Waals surface area contributed by atoms with Crippen LogP contribution in [-0.4, -0.2) is 36.2 Å². The zero-order valence-electron chi connectivity index (χ0n) is 11.3. The van der Waals surface area contributed by atoms with Gasteiger partial charge in [-0.3, -0.25) is 0 Å². The van der Waals surface area contributed by atoms with E-state index >= 15 is 0 Å². The Bertz CT molecular complexity index is 695. The Balaban J connectivity index is 1.99. The molecule has 2 N–H and O–H groups in total. The molecule has 8 heteroatoms. The number of hydrogen-bond donors (Lipinski definition) is 2. The van der Waals surface area contributed by atoms with Gasteiger partial charge >= 0.3 is 12.1 Å². The van der Waals surface area contributed by atoms with E-state index < -0.39 is 18.7 Å². The molecule has 22 heavy (non-hydrogen) atoms. The quantitative estimate of drug-likeness (QED) is 0.881. The molecule has 0 atom stereocenters. The lowest BCUT2D eigenvalue weighted by atomic mass is 10.1. The number of carbonyl (C=O) groups is 1. The third kappa shape index (κ3) is 2.63. The van der Waals surface area contributed by atoms with Gasteiger partial charge in [0.05, 0.1) is 22.6 Å². The summed E-state index contributed by atoms with van der Waals surface area (Å²) in [6.07, 6.45) is -1.84. The maximum Gasteiger partial charge on any atom is 0.405 e. The van der Waals surface area contributed by atoms with Crippen LogP contribution in [0.4, 0.5) is 24.5 Å². The molecule has 1 aromatic rings. The van der Waals surface area contributed by atoms with Gasteiger partial charge in [-0.15, -0.1) is 0 Å². The number of nitrogens with zero attached hydrogens (tertiary/aromatic N) is 2. The summed E-state index contributed by atoms with van der Waals surface area (Å²) in [6, 6.07) is 4.45. The number of nitrogens with one attached hydrogen (secondary N) is 1. The van der Waals surface area contributed by atoms with Gasteiger partial charge in [-0.1, -0.05) is 6.08 Å². The van der Waals surface area contributed by atoms with Gasteiger partial charge in [0.2, 0.25) is 0 Å². The van der Waals surface area contributed by atoms with Crippen molar-refractivity contribution in [1.82, 2.24) is 5.32 Å². The summed E-state index contributed by atoms with van der Waals surface area (Å²) in [5.74, 6) is -0.990. The van der Waals surface area contributed by atoms with E-state index in [9.17, 15) is 18.0 Å². The summed E-state index contributed by atoms with van der Waals surface area (Å²) in [6.45, 7) is -0.563. The van der Waals surface area contributed by atoms with Crippen LogP contribution in [0, 0.1) is 0 Å². The van der Waals surface area contributed by atoms with E-state index in [1.807, 2.05) is 11.0 Å². The van der Waals surface area contributed by atoms with Crippen molar-refractivity contribution < 1.29 is 23.1 Å². The molecule has 0 unspecified atom stereocenters. The third-order valence-electron chi connectivity index (χ3n) is 3.43. The van der Waals surface area contributed by atoms with E-state index in [1.165, 1.54) is 12.1 Å². The Morgan fingerprint density at radius 1 is 1.41 bits per heavy atom. The number of benzene rings is 1. The third-order valence-corrected chi connectivity index (χ3v) is 3.43. The largest absolute Gasteiger partial charge is 0.478 e. The predicted molar refractivity (Wildman–Crippen MR) is 74.6 cm³/mol. The lowest BCUT2D eigenvalue weighted by Crippen LogP contribution is -2.39. The van der Waals surface area contributed by atoms with Crippen molar-refractivity contribution in [2.75, 3.05) is 18.0 Å². The molecule has 0 radical (unpaired) electrons. The number of aromatic carboxylic acids is 1. The summed E-state index contributed by atoms with van der Waals surface area (Å²) in [5, 5.41) is 11.3. The van der Waals surface area contributed by atoms with E-state index in [0.717, 1.165) is 0 Å². The highest BCUT2D eigenvalue weighted by Gasteiger charge is 2.32. The Hall–Kier alpha value is -2.51. The Kier molecular flexibility index (Phi) is 3.31. The molecule has 5 nitrogen and oxygen atoms in total. The van der Waals surface area contributed by atoms with Crippen molar-refractivity contribution in [1.29, 1.82) is 0 Å². The number of aliphatic imine (C=N–C) groups is 1. The molecule has 1 aromatic carbocycles. The highest BCUT2D eigenvalue weighted by Crippen LogP contribution is 2.38. The second kappa shape index (κ2) is 5.04. The summed E-state index contributed by atoms with van der Waals surface area (Å²) in [4.78, 5) is 17.0. The first-order chi connectivity index (χ1) is 10.3. The molecule has 0 aromatic heterocycles. The fourth-order valence-electron chi connectivity index (χ4n) is 2.50. The Labute approximate surface area is 123 Å². The minimum atomic E-state index is -4.35. The average molecular weight is 311 g/mol. The Morgan fingerprint density at radius 3 is 2.86 bits per heavy atom. The summed E-state index contributed by atoms with van der Waals surface area (Å²) in [7, 11) is 0. The normalized spacial score (nSPS) is 16.6. The fraction of sp³-hybridized carbons (Fsp3) is 0.286. The van der Waals surface area contributed by atoms with Crippen molar-refractivity contribution in [2.45, 2.75) is 12.6 Å². The predicted octanol–water partition coefficient (Wildman–Crippen LogP) is 2.67. The maximum absolute atomic E-state index is 12.4. The molecule has 0 fully saturated rings. The smallest absolute Gasteiger partial charge is 0.405 e. The molecule has 0 bridgehead atoms. The monoisotopic (exact) mass is 311 g/mol. The first kappa shape index (κ1) is 14.4. The number of fused-ring (bicyclic) bond motifs is 3. The summed E-state index contributed by atoms with van der Waals surface area (Å²) < 4.78 is 37.2. The molecule has 0 saturated carbocycles. The van der Waals surface area contributed by atoms with E-state index in [-0.39, 0.29) is 11.4 Å². The number of alkyl halides is 3. The van der Waals surface area contributed by atoms with Crippen LogP contribution in [0.15, 0.2) is 35.0 Å². The van der Waals surface area contributed by atoms with Crippen LogP contribution in [-0.2, 0) is 0 Å². The highest BCUT2D eigenvalue weighted by atomic mass is 19.4. The number of halogens is 3. The number of carboxylic acid groups (broad SMARTS) is 1. The molecule has 0 aliphatic carbocycles. The van der Waals surface area contributed by atoms with Gasteiger partial charge in [0.15, 0.2) is 5.84 Å². The number of anilines is 1. The maximum atomic E-state index is 12.4. The Morgan fingerprint density at radius 2 is 2.18 bits per heavy atom. The minimum Gasteiger partial charge on any atom is -0.478 e. The molecule has 3 rings (SSSR count). The lowest BCUT2D eigenvalue weighted by Gasteiger charge is -2.29. The van der Waals surface area contributed by atoms with E-state index in [0.29, 0.717) is 30.0 Å². The highest BCUT2D eigenvalue weighted by molar-refractivity contribution is 6.08. The molecule has 2 aliphatic heterocycles. The molecule has 0 saturated heterocycles. The van der Waals surface area contributed by atoms with Crippen molar-refractivity contribution in [3.05, 3.63) is 35.5 Å². The van der Waals surface area contributed by atoms with Gasteiger partial charge < -0.3 is 15.3 Å². The van der Waals surface area contributed by atoms with Gasteiger partial charge in [-0.2, -0.15) is 13.2 Å². The number of rotatable bonds is 2. The molecule has 0 amide bonds. The summed E-state index contributed by atoms with van der Waals surface area (Å²) >= 11 is 0. The lowest BCUT2D eigenvalue weighted by molar-refractivity contribution is -0.121. The molecular formula is C14H12F3N3O2. The van der Waals surface area contributed by atoms with Crippen molar-refractivity contribution >= 4 is 23.2 Å². The van der Waals surface area contributed by atoms with Gasteiger partial charge in [0.25, 0.3) is 0 Å². The van der Waals surface area contributed by atoms with E-state index in [2.05, 4.69) is 10.3 Å². The van der Waals surface area contributed by atoms with Crippen LogP contribution in [0.3, 0.4) is 0 Å². The van der Waals surface area contributed by atoms with E-state index in [4.69, 9.17) is 5.11 Å². The van der Waals surface area contributed by atoms with E-state index in [1.54, 1.807) is 6.07 Å². The number of amidine groups is 1. The first-order valence-electron chi connectivity index (χ1n) is 6.60. The zero-order chi connectivity index (χ0) is 15.9. The molecule has 0 spiro atoms. The summed E-state index contributed by atoms with van der Waals surface area (Å²) in [5.41, 5.74) is 1.69. The van der Waals surface area contributed by atoms with Crippen LogP contribution >= 0.6 is 0 Å². The zero-order valence-corrected chi connectivity index (χ0v) is 11.3. The molecular weight excluding hydrogens is 299 g/mol. The second-order valence-corrected chi connectivity index (χ2v) is 4.97. The molecule has 2 heterocycles. The second-order valence-electron chi connectivity index (χ2n) is 4.97. The van der Waals surface area contributed by atoms with Crippen LogP contribution < -0.4 is 10.2 Å². The number of carboxylic acids is 1. The standard InChI is InChI=1S/C14H12F3N3O2/c15-14(16,17)7-18-12-11-2-1-5-20(11)10-4-3-8(13(21)22)6-9(10)19-12/h2-4,6H,1,5,7H2,(H,18,19)(H,21,22). The molecule has 2 aliphatic rings. The van der Waals surface area contributed by atoms with Crippen molar-refractivity contribution in [3.8, 4) is 0 Å². The van der Waals surface area contributed by atoms with Crippen LogP contribution in [0.1, 0.15) is 16.8 Å². The van der Waals surface area contributed by atoms with Crippen LogP contribution in [0.2, 0.25) is 0 Å². The van der Waals surface area contributed by atoms with Gasteiger partial charge in [0.1, 0.15) is 6.54 Å². The minimum absolute atomic E-state index is 0.0456. The van der Waals surface area contributed by atoms with Gasteiger partial charge in [0, 0.05) is 6.54 Å². The SMILES string of the molecule is O=C(O)c1ccc2c(c1)N=C(NCC(F)(F)F)C1=CCCN12. The fourth-order valence-corrected chi connectivity index (χ4v) is 2.50. The first-order valence-corrected chi connectivity index (χ1v) is 6.60. The van der Waals surface area contributed by atoms with Gasteiger partial charge in [-0.25, -0.2) is 9.79 Å². The van der Waals surface area contributed by atoms with Crippen LogP contribution in [0.5, 0.6) is 0 Å². The van der Waals surface area contributed by atoms with Gasteiger partial charge in [-0.05, 0) is 24.6 Å². The topological polar surface area (TPSA) is 64.9 Å². The van der Waals surface area contributed by atoms with Crippen molar-refractivity contribution in [3.63, 3.8) is 0 Å². The average Bonchev–Trinajstić information content (AvgIpc) is 2.92.